The van der Waals surface area contributed by atoms with Gasteiger partial charge < -0.3 is 10.6 Å². The summed E-state index contributed by atoms with van der Waals surface area (Å²) in [6, 6.07) is 2.39. The Labute approximate surface area is 201 Å². The van der Waals surface area contributed by atoms with Crippen LogP contribution in [0.2, 0.25) is 0 Å². The fourth-order valence-electron chi connectivity index (χ4n) is 7.68. The number of hydrogen-bond donors (Lipinski definition) is 2. The lowest BCUT2D eigenvalue weighted by Gasteiger charge is -2.56. The van der Waals surface area contributed by atoms with E-state index in [1.165, 1.54) is 49.0 Å². The number of hydrogen-bond acceptors (Lipinski definition) is 4. The molecule has 1 aromatic rings. The molecule has 4 fully saturated rings. The maximum absolute atomic E-state index is 12.9. The van der Waals surface area contributed by atoms with Gasteiger partial charge in [0.2, 0.25) is 5.91 Å². The minimum Gasteiger partial charge on any atom is -0.323 e. The lowest BCUT2D eigenvalue weighted by Crippen LogP contribution is -2.48. The van der Waals surface area contributed by atoms with Crippen molar-refractivity contribution in [2.45, 2.75) is 85.0 Å². The average molecular weight is 470 g/mol. The molecule has 4 nitrogen and oxygen atoms in total. The van der Waals surface area contributed by atoms with Crippen LogP contribution in [-0.4, -0.2) is 11.0 Å². The SMILES string of the molecule is CC(C)(C)C1CCc2c(sc(NC(=S)NC(=O)CC34CC5CC(CC(C5)C3)C4)c2C#N)C1. The van der Waals surface area contributed by atoms with Crippen LogP contribution in [0.3, 0.4) is 0 Å². The highest BCUT2D eigenvalue weighted by Gasteiger charge is 2.51. The van der Waals surface area contributed by atoms with Crippen LogP contribution in [0.25, 0.3) is 0 Å². The zero-order chi connectivity index (χ0) is 22.7. The van der Waals surface area contributed by atoms with Gasteiger partial charge >= 0.3 is 0 Å². The molecule has 1 atom stereocenters. The summed E-state index contributed by atoms with van der Waals surface area (Å²) >= 11 is 7.15. The van der Waals surface area contributed by atoms with Crippen molar-refractivity contribution in [1.82, 2.24) is 5.32 Å². The first-order valence-corrected chi connectivity index (χ1v) is 13.5. The van der Waals surface area contributed by atoms with Crippen molar-refractivity contribution >= 4 is 39.6 Å². The molecule has 0 saturated heterocycles. The molecule has 6 heteroatoms. The molecular formula is C26H35N3OS2. The van der Waals surface area contributed by atoms with Crippen molar-refractivity contribution in [3.05, 3.63) is 16.0 Å². The minimum atomic E-state index is 0.0390. The molecule has 0 radical (unpaired) electrons. The highest BCUT2D eigenvalue weighted by atomic mass is 32.1. The number of fused-ring (bicyclic) bond motifs is 1. The molecule has 1 aromatic heterocycles. The number of thiophene rings is 1. The first kappa shape index (κ1) is 22.3. The fourth-order valence-corrected chi connectivity index (χ4v) is 9.25. The van der Waals surface area contributed by atoms with Crippen LogP contribution in [0.1, 0.15) is 88.1 Å². The number of anilines is 1. The Morgan fingerprint density at radius 3 is 2.38 bits per heavy atom. The maximum atomic E-state index is 12.9. The molecule has 5 aliphatic rings. The zero-order valence-electron chi connectivity index (χ0n) is 19.6. The Morgan fingerprint density at radius 1 is 1.19 bits per heavy atom. The summed E-state index contributed by atoms with van der Waals surface area (Å²) in [5, 5.41) is 17.1. The predicted octanol–water partition coefficient (Wildman–Crippen LogP) is 6.19. The van der Waals surface area contributed by atoms with Crippen molar-refractivity contribution < 1.29 is 4.79 Å². The van der Waals surface area contributed by atoms with E-state index in [9.17, 15) is 10.1 Å². The summed E-state index contributed by atoms with van der Waals surface area (Å²) in [5.41, 5.74) is 2.37. The Morgan fingerprint density at radius 2 is 1.81 bits per heavy atom. The van der Waals surface area contributed by atoms with Crippen LogP contribution in [0.15, 0.2) is 0 Å². The second-order valence-corrected chi connectivity index (χ2v) is 13.7. The van der Waals surface area contributed by atoms with Crippen LogP contribution < -0.4 is 10.6 Å². The number of rotatable bonds is 3. The number of carbonyl (C=O) groups is 1. The van der Waals surface area contributed by atoms with E-state index in [0.29, 0.717) is 17.5 Å². The van der Waals surface area contributed by atoms with Crippen molar-refractivity contribution in [1.29, 1.82) is 5.26 Å². The third-order valence-electron chi connectivity index (χ3n) is 8.78. The first-order chi connectivity index (χ1) is 15.1. The summed E-state index contributed by atoms with van der Waals surface area (Å²) < 4.78 is 0. The predicted molar refractivity (Wildman–Crippen MR) is 134 cm³/mol. The number of nitriles is 1. The summed E-state index contributed by atoms with van der Waals surface area (Å²) in [7, 11) is 0. The van der Waals surface area contributed by atoms with E-state index >= 15 is 0 Å². The number of thiocarbonyl (C=S) groups is 1. The number of nitrogens with one attached hydrogen (secondary N) is 2. The van der Waals surface area contributed by atoms with Crippen LogP contribution in [0.5, 0.6) is 0 Å². The van der Waals surface area contributed by atoms with Gasteiger partial charge in [-0.3, -0.25) is 4.79 Å². The van der Waals surface area contributed by atoms with Crippen molar-refractivity contribution in [2.75, 3.05) is 5.32 Å². The Hall–Kier alpha value is -1.45. The molecule has 0 aliphatic heterocycles. The number of nitrogens with zero attached hydrogens (tertiary/aromatic N) is 1. The van der Waals surface area contributed by atoms with Crippen LogP contribution in [0.4, 0.5) is 5.00 Å². The quantitative estimate of drug-likeness (QED) is 0.518. The second-order valence-electron chi connectivity index (χ2n) is 12.2. The second kappa shape index (κ2) is 8.09. The first-order valence-electron chi connectivity index (χ1n) is 12.3. The van der Waals surface area contributed by atoms with Gasteiger partial charge in [0.1, 0.15) is 11.1 Å². The van der Waals surface area contributed by atoms with E-state index in [-0.39, 0.29) is 16.7 Å². The minimum absolute atomic E-state index is 0.0390. The van der Waals surface area contributed by atoms with Crippen molar-refractivity contribution in [3.63, 3.8) is 0 Å². The molecular weight excluding hydrogens is 434 g/mol. The topological polar surface area (TPSA) is 64.9 Å². The number of amides is 1. The molecule has 0 spiro atoms. The highest BCUT2D eigenvalue weighted by Crippen LogP contribution is 2.61. The van der Waals surface area contributed by atoms with Gasteiger partial charge in [-0.1, -0.05) is 20.8 Å². The summed E-state index contributed by atoms with van der Waals surface area (Å²) in [6.45, 7) is 6.90. The van der Waals surface area contributed by atoms with Gasteiger partial charge in [0.05, 0.1) is 5.56 Å². The van der Waals surface area contributed by atoms with E-state index in [1.54, 1.807) is 11.3 Å². The summed E-state index contributed by atoms with van der Waals surface area (Å²) in [5.74, 6) is 3.18. The Kier molecular flexibility index (Phi) is 5.65. The molecule has 172 valence electrons. The van der Waals surface area contributed by atoms with E-state index in [2.05, 4.69) is 37.5 Å². The summed E-state index contributed by atoms with van der Waals surface area (Å²) in [4.78, 5) is 14.2. The largest absolute Gasteiger partial charge is 0.323 e. The monoisotopic (exact) mass is 469 g/mol. The van der Waals surface area contributed by atoms with Crippen LogP contribution >= 0.6 is 23.6 Å². The lowest BCUT2D eigenvalue weighted by molar-refractivity contribution is -0.127. The Balaban J connectivity index is 1.23. The molecule has 4 saturated carbocycles. The molecule has 2 N–H and O–H groups in total. The molecule has 1 heterocycles. The van der Waals surface area contributed by atoms with Crippen LogP contribution in [-0.2, 0) is 17.6 Å². The van der Waals surface area contributed by atoms with Gasteiger partial charge in [0.25, 0.3) is 0 Å². The van der Waals surface area contributed by atoms with E-state index in [4.69, 9.17) is 12.2 Å². The van der Waals surface area contributed by atoms with Gasteiger partial charge in [-0.25, -0.2) is 0 Å². The smallest absolute Gasteiger partial charge is 0.226 e. The molecule has 6 rings (SSSR count). The van der Waals surface area contributed by atoms with Crippen molar-refractivity contribution in [2.24, 2.45) is 34.5 Å². The van der Waals surface area contributed by atoms with Crippen molar-refractivity contribution in [3.8, 4) is 6.07 Å². The van der Waals surface area contributed by atoms with E-state index < -0.39 is 0 Å². The molecule has 0 aromatic carbocycles. The van der Waals surface area contributed by atoms with Gasteiger partial charge in [0.15, 0.2) is 5.11 Å². The van der Waals surface area contributed by atoms with E-state index in [1.807, 2.05) is 0 Å². The van der Waals surface area contributed by atoms with E-state index in [0.717, 1.165) is 47.6 Å². The fraction of sp³-hybridized carbons (Fsp3) is 0.731. The lowest BCUT2D eigenvalue weighted by atomic mass is 9.49. The third-order valence-corrected chi connectivity index (χ3v) is 10.2. The van der Waals surface area contributed by atoms with Crippen LogP contribution in [0, 0.1) is 45.8 Å². The molecule has 1 unspecified atom stereocenters. The molecule has 4 bridgehead atoms. The normalized spacial score (nSPS) is 32.8. The molecule has 1 amide bonds. The van der Waals surface area contributed by atoms with Gasteiger partial charge in [-0.2, -0.15) is 5.26 Å². The zero-order valence-corrected chi connectivity index (χ0v) is 21.2. The van der Waals surface area contributed by atoms with Gasteiger partial charge in [-0.15, -0.1) is 11.3 Å². The maximum Gasteiger partial charge on any atom is 0.226 e. The molecule has 32 heavy (non-hydrogen) atoms. The number of carbonyl (C=O) groups excluding carboxylic acids is 1. The molecule has 5 aliphatic carbocycles. The third kappa shape index (κ3) is 4.23. The summed E-state index contributed by atoms with van der Waals surface area (Å²) in [6.07, 6.45) is 11.5. The van der Waals surface area contributed by atoms with Gasteiger partial charge in [0, 0.05) is 11.3 Å². The van der Waals surface area contributed by atoms with Gasteiger partial charge in [-0.05, 0) is 110 Å². The highest BCUT2D eigenvalue weighted by molar-refractivity contribution is 7.80. The Bertz CT molecular complexity index is 945. The standard InChI is InChI=1S/C26H35N3OS2/c1-25(2,3)18-4-5-19-20(14-27)23(32-21(19)9-18)29-24(31)28-22(30)13-26-10-15-6-16(11-26)8-17(7-15)12-26/h15-18H,4-13H2,1-3H3,(H2,28,29,30,31). The average Bonchev–Trinajstić information content (AvgIpc) is 3.01.